The SMILES string of the molecule is c1ccc2c(c1)cc1c3c4c(ncc3n3c5cnc6c(c5c2c13)C1CC2CC(CC6C2)C1)C1CC2CC3CC4CC23C1. The van der Waals surface area contributed by atoms with Crippen LogP contribution in [0, 0.1) is 29.1 Å². The van der Waals surface area contributed by atoms with Crippen molar-refractivity contribution in [1.82, 2.24) is 14.4 Å². The van der Waals surface area contributed by atoms with Gasteiger partial charge in [-0.15, -0.1) is 0 Å². The first-order valence-corrected chi connectivity index (χ1v) is 17.2. The quantitative estimate of drug-likeness (QED) is 0.190. The molecule has 14 rings (SSSR count). The van der Waals surface area contributed by atoms with E-state index in [0.29, 0.717) is 29.1 Å². The van der Waals surface area contributed by atoms with Crippen molar-refractivity contribution in [2.75, 3.05) is 0 Å². The number of rotatable bonds is 0. The normalized spacial score (nSPS) is 38.6. The molecule has 2 aromatic carbocycles. The second-order valence-electron chi connectivity index (χ2n) is 16.3. The summed E-state index contributed by atoms with van der Waals surface area (Å²) in [5, 5.41) is 8.95. The highest BCUT2D eigenvalue weighted by atomic mass is 15.0. The summed E-state index contributed by atoms with van der Waals surface area (Å²) in [5.41, 5.74) is 11.1. The number of benzene rings is 2. The van der Waals surface area contributed by atoms with E-state index in [1.807, 2.05) is 0 Å². The molecule has 0 aliphatic heterocycles. The Kier molecular flexibility index (Phi) is 3.40. The molecule has 6 aromatic rings. The third kappa shape index (κ3) is 2.16. The topological polar surface area (TPSA) is 30.2 Å². The lowest BCUT2D eigenvalue weighted by Gasteiger charge is -2.48. The standard InChI is InChI=1S/C39H35N3/c1-2-4-27-20(3-1)12-28-33-29(16-41-37-24-11-26-13-25-10-23(32(33)37)14-39(25,26)15-24)42-30-17-40-36-22-8-18-5-19(9-22)7-21(6-18)31(36)35(30)34(27)38(28)42/h1-4,12,16-19,21-26H,5-11,13-15H2. The van der Waals surface area contributed by atoms with Crippen LogP contribution in [0.25, 0.3) is 48.9 Å². The number of pyridine rings is 2. The number of nitrogens with zero attached hydrogens (tertiary/aromatic N) is 3. The van der Waals surface area contributed by atoms with E-state index < -0.39 is 0 Å². The van der Waals surface area contributed by atoms with Gasteiger partial charge in [-0.05, 0) is 133 Å². The van der Waals surface area contributed by atoms with E-state index in [0.717, 1.165) is 23.7 Å². The molecule has 5 fully saturated rings. The van der Waals surface area contributed by atoms with Crippen molar-refractivity contribution >= 4 is 48.9 Å². The first-order valence-electron chi connectivity index (χ1n) is 17.2. The Morgan fingerprint density at radius 1 is 0.619 bits per heavy atom. The summed E-state index contributed by atoms with van der Waals surface area (Å²) in [6.07, 6.45) is 18.7. The second kappa shape index (κ2) is 6.64. The van der Waals surface area contributed by atoms with Crippen LogP contribution < -0.4 is 0 Å². The summed E-state index contributed by atoms with van der Waals surface area (Å²) < 4.78 is 2.64. The minimum Gasteiger partial charge on any atom is -0.305 e. The lowest BCUT2D eigenvalue weighted by atomic mass is 9.56. The molecule has 3 nitrogen and oxygen atoms in total. The van der Waals surface area contributed by atoms with Crippen molar-refractivity contribution in [3.8, 4) is 0 Å². The van der Waals surface area contributed by atoms with Gasteiger partial charge in [0, 0.05) is 44.8 Å². The molecule has 206 valence electrons. The van der Waals surface area contributed by atoms with Gasteiger partial charge in [0.05, 0.1) is 28.9 Å². The molecule has 0 N–H and O–H groups in total. The van der Waals surface area contributed by atoms with E-state index in [4.69, 9.17) is 9.97 Å². The zero-order chi connectivity index (χ0) is 26.6. The van der Waals surface area contributed by atoms with Crippen LogP contribution in [0.1, 0.15) is 110 Å². The molecule has 7 atom stereocenters. The summed E-state index contributed by atoms with van der Waals surface area (Å²) in [7, 11) is 0. The minimum absolute atomic E-state index is 0.655. The average molecular weight is 546 g/mol. The first-order chi connectivity index (χ1) is 20.7. The molecular formula is C39H35N3. The fourth-order valence-corrected chi connectivity index (χ4v) is 13.7. The van der Waals surface area contributed by atoms with Crippen molar-refractivity contribution in [3.63, 3.8) is 0 Å². The lowest BCUT2D eigenvalue weighted by Crippen LogP contribution is -2.41. The van der Waals surface area contributed by atoms with Gasteiger partial charge in [0.25, 0.3) is 0 Å². The monoisotopic (exact) mass is 545 g/mol. The van der Waals surface area contributed by atoms with E-state index in [1.165, 1.54) is 114 Å². The predicted octanol–water partition coefficient (Wildman–Crippen LogP) is 9.56. The summed E-state index contributed by atoms with van der Waals surface area (Å²) in [4.78, 5) is 10.9. The zero-order valence-electron chi connectivity index (χ0n) is 24.1. The van der Waals surface area contributed by atoms with Crippen LogP contribution in [0.15, 0.2) is 42.7 Å². The number of hydrogen-bond acceptors (Lipinski definition) is 2. The summed E-state index contributed by atoms with van der Waals surface area (Å²) in [6, 6.07) is 11.9. The second-order valence-corrected chi connectivity index (χ2v) is 16.3. The van der Waals surface area contributed by atoms with Gasteiger partial charge in [0.1, 0.15) is 0 Å². The molecule has 0 amide bonds. The van der Waals surface area contributed by atoms with Gasteiger partial charge in [-0.3, -0.25) is 9.97 Å². The van der Waals surface area contributed by atoms with E-state index >= 15 is 0 Å². The molecule has 5 saturated carbocycles. The predicted molar refractivity (Wildman–Crippen MR) is 168 cm³/mol. The maximum absolute atomic E-state index is 5.45. The molecular weight excluding hydrogens is 510 g/mol. The minimum atomic E-state index is 0.655. The van der Waals surface area contributed by atoms with Crippen molar-refractivity contribution in [3.05, 3.63) is 65.2 Å². The molecule has 7 bridgehead atoms. The van der Waals surface area contributed by atoms with Crippen LogP contribution in [-0.4, -0.2) is 14.4 Å². The lowest BCUT2D eigenvalue weighted by molar-refractivity contribution is 0.00321. The van der Waals surface area contributed by atoms with Crippen LogP contribution in [0.5, 0.6) is 0 Å². The highest BCUT2D eigenvalue weighted by Gasteiger charge is 2.66. The zero-order valence-corrected chi connectivity index (χ0v) is 24.1. The molecule has 3 heteroatoms. The third-order valence-electron chi connectivity index (χ3n) is 14.8. The van der Waals surface area contributed by atoms with Gasteiger partial charge in [0.15, 0.2) is 0 Å². The van der Waals surface area contributed by atoms with Gasteiger partial charge in [-0.1, -0.05) is 24.3 Å². The smallest absolute Gasteiger partial charge is 0.0728 e. The largest absolute Gasteiger partial charge is 0.305 e. The van der Waals surface area contributed by atoms with Crippen LogP contribution in [0.2, 0.25) is 0 Å². The Labute approximate surface area is 245 Å². The maximum Gasteiger partial charge on any atom is 0.0728 e. The first kappa shape index (κ1) is 21.5. The molecule has 4 heterocycles. The van der Waals surface area contributed by atoms with E-state index in [-0.39, 0.29) is 0 Å². The van der Waals surface area contributed by atoms with Crippen molar-refractivity contribution in [1.29, 1.82) is 0 Å². The van der Waals surface area contributed by atoms with Crippen LogP contribution in [0.4, 0.5) is 0 Å². The number of fused-ring (bicyclic) bond motifs is 14. The molecule has 8 aliphatic carbocycles. The van der Waals surface area contributed by atoms with E-state index in [1.54, 1.807) is 21.9 Å². The van der Waals surface area contributed by atoms with Gasteiger partial charge in [-0.25, -0.2) is 0 Å². The summed E-state index contributed by atoms with van der Waals surface area (Å²) >= 11 is 0. The number of hydrogen-bond donors (Lipinski definition) is 0. The molecule has 0 saturated heterocycles. The Morgan fingerprint density at radius 2 is 1.31 bits per heavy atom. The highest BCUT2D eigenvalue weighted by Crippen LogP contribution is 2.76. The van der Waals surface area contributed by atoms with E-state index in [2.05, 4.69) is 47.1 Å². The fourth-order valence-electron chi connectivity index (χ4n) is 13.7. The van der Waals surface area contributed by atoms with Crippen LogP contribution >= 0.6 is 0 Å². The average Bonchev–Trinajstić information content (AvgIpc) is 3.64. The van der Waals surface area contributed by atoms with Crippen molar-refractivity contribution < 1.29 is 0 Å². The molecule has 1 spiro atoms. The summed E-state index contributed by atoms with van der Waals surface area (Å²) in [5.74, 6) is 6.49. The Balaban J connectivity index is 1.23. The Hall–Kier alpha value is -3.20. The number of aromatic nitrogens is 3. The third-order valence-corrected chi connectivity index (χ3v) is 14.8. The molecule has 7 unspecified atom stereocenters. The molecule has 8 aliphatic rings. The Bertz CT molecular complexity index is 2230. The van der Waals surface area contributed by atoms with Gasteiger partial charge in [-0.2, -0.15) is 0 Å². The molecule has 4 aromatic heterocycles. The van der Waals surface area contributed by atoms with Gasteiger partial charge in [0.2, 0.25) is 0 Å². The van der Waals surface area contributed by atoms with Crippen molar-refractivity contribution in [2.45, 2.75) is 87.9 Å². The van der Waals surface area contributed by atoms with Crippen LogP contribution in [-0.2, 0) is 0 Å². The fraction of sp³-hybridized carbons (Fsp3) is 0.487. The van der Waals surface area contributed by atoms with Crippen molar-refractivity contribution in [2.24, 2.45) is 29.1 Å². The van der Waals surface area contributed by atoms with Crippen LogP contribution in [0.3, 0.4) is 0 Å². The highest BCUT2D eigenvalue weighted by molar-refractivity contribution is 6.32. The van der Waals surface area contributed by atoms with Gasteiger partial charge < -0.3 is 4.40 Å². The van der Waals surface area contributed by atoms with E-state index in [9.17, 15) is 0 Å². The molecule has 0 radical (unpaired) electrons. The molecule has 42 heavy (non-hydrogen) atoms. The maximum atomic E-state index is 5.45. The van der Waals surface area contributed by atoms with Gasteiger partial charge >= 0.3 is 0 Å². The summed E-state index contributed by atoms with van der Waals surface area (Å²) in [6.45, 7) is 0. The Morgan fingerprint density at radius 3 is 2.17 bits per heavy atom.